The van der Waals surface area contributed by atoms with Crippen molar-refractivity contribution in [3.05, 3.63) is 152 Å². The van der Waals surface area contributed by atoms with Gasteiger partial charge in [0.15, 0.2) is 0 Å². The van der Waals surface area contributed by atoms with Gasteiger partial charge in [0.05, 0.1) is 22.4 Å². The molecule has 6 heterocycles. The molecule has 6 nitrogen and oxygen atoms in total. The largest absolute Gasteiger partial charge is 2.00 e. The predicted molar refractivity (Wildman–Crippen MR) is 196 cm³/mol. The Kier molecular flexibility index (Phi) is 6.33. The fourth-order valence-corrected chi connectivity index (χ4v) is 7.50. The summed E-state index contributed by atoms with van der Waals surface area (Å²) in [7, 11) is 0. The molecule has 6 aromatic heterocycles. The summed E-state index contributed by atoms with van der Waals surface area (Å²) < 4.78 is 10.9. The van der Waals surface area contributed by atoms with Gasteiger partial charge in [0, 0.05) is 51.9 Å². The molecule has 0 N–H and O–H groups in total. The number of ether oxygens (including phenoxy) is 1. The Hall–Kier alpha value is -6.10. The van der Waals surface area contributed by atoms with E-state index in [-0.39, 0.29) is 21.1 Å². The number of aromatic nitrogens is 5. The average Bonchev–Trinajstić information content (AvgIpc) is 3.86. The molecule has 236 valence electrons. The van der Waals surface area contributed by atoms with Gasteiger partial charge >= 0.3 is 21.1 Å². The van der Waals surface area contributed by atoms with E-state index in [4.69, 9.17) is 19.7 Å². The first-order valence-electron chi connectivity index (χ1n) is 16.2. The standard InChI is InChI=1S/C43H23N5O.Pt/c1-3-9-26(10-4-1)30-20-22-45-43-39(30)34-14-7-13-33-31-18-16-29(24-38(31)48(43)41(33)34)49-28-17-19-32-35(23-28)42-46-36(27-11-5-2-6-12-27)25-47(42)37-15-8-21-44-40(32)37;/h1-22,25H;/q-2;+2. The average molecular weight is 821 g/mol. The molecule has 0 fully saturated rings. The van der Waals surface area contributed by atoms with Gasteiger partial charge in [-0.15, -0.1) is 23.6 Å². The third-order valence-corrected chi connectivity index (χ3v) is 9.61. The summed E-state index contributed by atoms with van der Waals surface area (Å²) in [4.78, 5) is 14.8. The van der Waals surface area contributed by atoms with Crippen LogP contribution < -0.4 is 4.74 Å². The molecule has 5 aromatic carbocycles. The second-order valence-electron chi connectivity index (χ2n) is 12.3. The van der Waals surface area contributed by atoms with E-state index in [1.54, 1.807) is 0 Å². The number of rotatable bonds is 4. The van der Waals surface area contributed by atoms with Crippen LogP contribution in [0.25, 0.3) is 88.1 Å². The Labute approximate surface area is 299 Å². The maximum Gasteiger partial charge on any atom is 2.00 e. The number of hydrogen-bond donors (Lipinski definition) is 0. The van der Waals surface area contributed by atoms with E-state index in [0.29, 0.717) is 11.5 Å². The molecule has 0 spiro atoms. The first-order chi connectivity index (χ1) is 24.3. The Morgan fingerprint density at radius 2 is 1.34 bits per heavy atom. The van der Waals surface area contributed by atoms with Gasteiger partial charge in [-0.25, -0.2) is 4.98 Å². The van der Waals surface area contributed by atoms with Crippen LogP contribution in [0.1, 0.15) is 0 Å². The predicted octanol–water partition coefficient (Wildman–Crippen LogP) is 10.3. The van der Waals surface area contributed by atoms with Crippen molar-refractivity contribution in [2.45, 2.75) is 0 Å². The second kappa shape index (κ2) is 11.0. The number of hydrogen-bond acceptors (Lipinski definition) is 4. The summed E-state index contributed by atoms with van der Waals surface area (Å²) in [6.07, 6.45) is 5.79. The van der Waals surface area contributed by atoms with Crippen molar-refractivity contribution in [1.82, 2.24) is 23.8 Å². The number of pyridine rings is 3. The number of nitrogens with zero attached hydrogens (tertiary/aromatic N) is 5. The van der Waals surface area contributed by atoms with E-state index >= 15 is 0 Å². The van der Waals surface area contributed by atoms with E-state index < -0.39 is 0 Å². The molecule has 0 bridgehead atoms. The molecule has 0 aliphatic carbocycles. The van der Waals surface area contributed by atoms with Crippen LogP contribution in [0.4, 0.5) is 0 Å². The molecule has 0 aliphatic heterocycles. The quantitative estimate of drug-likeness (QED) is 0.131. The van der Waals surface area contributed by atoms with Crippen molar-refractivity contribution in [3.63, 3.8) is 0 Å². The summed E-state index contributed by atoms with van der Waals surface area (Å²) in [6.45, 7) is 0. The fourth-order valence-electron chi connectivity index (χ4n) is 7.50. The van der Waals surface area contributed by atoms with E-state index in [0.717, 1.165) is 71.7 Å². The molecule has 0 radical (unpaired) electrons. The maximum absolute atomic E-state index is 6.54. The van der Waals surface area contributed by atoms with Gasteiger partial charge in [-0.05, 0) is 34.7 Å². The molecule has 11 rings (SSSR count). The number of benzene rings is 5. The van der Waals surface area contributed by atoms with Crippen LogP contribution in [0, 0.1) is 12.1 Å². The van der Waals surface area contributed by atoms with E-state index in [2.05, 4.69) is 106 Å². The van der Waals surface area contributed by atoms with E-state index in [9.17, 15) is 0 Å². The maximum atomic E-state index is 6.54. The monoisotopic (exact) mass is 820 g/mol. The molecule has 0 aliphatic rings. The van der Waals surface area contributed by atoms with Crippen LogP contribution in [0.2, 0.25) is 0 Å². The molecule has 7 heteroatoms. The first kappa shape index (κ1) is 28.9. The van der Waals surface area contributed by atoms with Crippen LogP contribution >= 0.6 is 0 Å². The molecule has 0 atom stereocenters. The molecule has 0 amide bonds. The molecule has 0 unspecified atom stereocenters. The van der Waals surface area contributed by atoms with Gasteiger partial charge < -0.3 is 13.5 Å². The van der Waals surface area contributed by atoms with Crippen molar-refractivity contribution < 1.29 is 25.8 Å². The van der Waals surface area contributed by atoms with Gasteiger partial charge in [-0.1, -0.05) is 107 Å². The normalized spacial score (nSPS) is 11.8. The van der Waals surface area contributed by atoms with E-state index in [1.807, 2.05) is 54.9 Å². The SMILES string of the molecule is [Pt+2].[c-]1c(Oc2[c-]c3c(cc2)c2cccc4c5c(-c6ccccc6)ccnc5n3c24)ccc2c1c1nc(-c3ccccc3)cn1c1cccnc21. The zero-order chi connectivity index (χ0) is 32.1. The number of para-hydroxylation sites is 1. The topological polar surface area (TPSA) is 56.7 Å². The summed E-state index contributed by atoms with van der Waals surface area (Å²) in [5, 5.41) is 6.40. The minimum atomic E-state index is 0. The molecule has 0 saturated heterocycles. The van der Waals surface area contributed by atoms with Gasteiger partial charge in [0.1, 0.15) is 5.65 Å². The van der Waals surface area contributed by atoms with Crippen molar-refractivity contribution >= 4 is 65.7 Å². The minimum absolute atomic E-state index is 0. The Balaban J connectivity index is 0.00000316. The summed E-state index contributed by atoms with van der Waals surface area (Å²) in [5.41, 5.74) is 9.92. The minimum Gasteiger partial charge on any atom is -0.503 e. The van der Waals surface area contributed by atoms with Crippen LogP contribution in [0.5, 0.6) is 11.5 Å². The van der Waals surface area contributed by atoms with Crippen molar-refractivity contribution in [1.29, 1.82) is 0 Å². The van der Waals surface area contributed by atoms with Gasteiger partial charge in [-0.3, -0.25) is 9.97 Å². The van der Waals surface area contributed by atoms with Gasteiger partial charge in [0.25, 0.3) is 0 Å². The van der Waals surface area contributed by atoms with Gasteiger partial charge in [0.2, 0.25) is 0 Å². The Morgan fingerprint density at radius 1 is 0.580 bits per heavy atom. The van der Waals surface area contributed by atoms with E-state index in [1.165, 1.54) is 16.3 Å². The zero-order valence-corrected chi connectivity index (χ0v) is 28.5. The van der Waals surface area contributed by atoms with Crippen LogP contribution in [-0.2, 0) is 21.1 Å². The summed E-state index contributed by atoms with van der Waals surface area (Å²) in [5.74, 6) is 1.17. The number of fused-ring (bicyclic) bond motifs is 12. The number of imidazole rings is 1. The molecule has 50 heavy (non-hydrogen) atoms. The second-order valence-corrected chi connectivity index (χ2v) is 12.3. The van der Waals surface area contributed by atoms with Crippen LogP contribution in [-0.4, -0.2) is 23.8 Å². The molecule has 0 saturated carbocycles. The summed E-state index contributed by atoms with van der Waals surface area (Å²) in [6, 6.07) is 48.6. The zero-order valence-electron chi connectivity index (χ0n) is 26.2. The van der Waals surface area contributed by atoms with Crippen LogP contribution in [0.15, 0.2) is 140 Å². The van der Waals surface area contributed by atoms with Gasteiger partial charge in [-0.2, -0.15) is 6.07 Å². The Morgan fingerprint density at radius 3 is 2.18 bits per heavy atom. The first-order valence-corrected chi connectivity index (χ1v) is 16.2. The molecular weight excluding hydrogens is 798 g/mol. The Bertz CT molecular complexity index is 3080. The van der Waals surface area contributed by atoms with Crippen LogP contribution in [0.3, 0.4) is 0 Å². The van der Waals surface area contributed by atoms with Crippen molar-refractivity contribution in [2.75, 3.05) is 0 Å². The molecule has 11 aromatic rings. The fraction of sp³-hybridized carbons (Fsp3) is 0. The van der Waals surface area contributed by atoms with Crippen molar-refractivity contribution in [3.8, 4) is 33.9 Å². The summed E-state index contributed by atoms with van der Waals surface area (Å²) >= 11 is 0. The van der Waals surface area contributed by atoms with Crippen molar-refractivity contribution in [2.24, 2.45) is 0 Å². The third kappa shape index (κ3) is 4.09. The molecular formula is C43H23N5OPt. The third-order valence-electron chi connectivity index (χ3n) is 9.61. The smallest absolute Gasteiger partial charge is 0.503 e.